The van der Waals surface area contributed by atoms with Crippen LogP contribution in [0, 0.1) is 10.1 Å². The molecule has 12 heteroatoms. The second kappa shape index (κ2) is 16.7. The molecule has 0 aromatic heterocycles. The second-order valence-electron chi connectivity index (χ2n) is 12.9. The van der Waals surface area contributed by atoms with Gasteiger partial charge in [-0.25, -0.2) is 0 Å². The van der Waals surface area contributed by atoms with Gasteiger partial charge in [0.15, 0.2) is 6.29 Å². The number of nitrogens with one attached hydrogen (secondary N) is 1. The number of aliphatic hydroxyl groups excluding tert-OH is 1. The van der Waals surface area contributed by atoms with Gasteiger partial charge in [-0.2, -0.15) is 0 Å². The number of carboxylic acid groups (broad SMARTS) is 1. The molecule has 12 nitrogen and oxygen atoms in total. The maximum absolute atomic E-state index is 12.0. The Kier molecular flexibility index (Phi) is 11.7. The molecule has 3 N–H and O–H groups in total. The Hall–Kier alpha value is -5.14. The van der Waals surface area contributed by atoms with E-state index >= 15 is 0 Å². The molecule has 4 aromatic rings. The molecule has 0 saturated carbocycles. The largest absolute Gasteiger partial charge is 0.481 e. The lowest BCUT2D eigenvalue weighted by Gasteiger charge is -2.41. The molecular formula is C39H42N4O8. The Morgan fingerprint density at radius 1 is 0.824 bits per heavy atom. The lowest BCUT2D eigenvalue weighted by Crippen LogP contribution is -2.49. The van der Waals surface area contributed by atoms with Crippen molar-refractivity contribution in [3.05, 3.63) is 129 Å². The summed E-state index contributed by atoms with van der Waals surface area (Å²) >= 11 is 0. The zero-order chi connectivity index (χ0) is 35.7. The minimum absolute atomic E-state index is 0.0251. The van der Waals surface area contributed by atoms with E-state index in [9.17, 15) is 24.8 Å². The number of non-ortho nitro benzene ring substituents is 1. The van der Waals surface area contributed by atoms with Crippen molar-refractivity contribution in [2.45, 2.75) is 50.9 Å². The summed E-state index contributed by atoms with van der Waals surface area (Å²) in [5.74, 6) is -1.30. The predicted octanol–water partition coefficient (Wildman–Crippen LogP) is 5.60. The van der Waals surface area contributed by atoms with Gasteiger partial charge in [0, 0.05) is 75.5 Å². The van der Waals surface area contributed by atoms with Crippen LogP contribution in [0.3, 0.4) is 0 Å². The highest BCUT2D eigenvalue weighted by Crippen LogP contribution is 2.39. The van der Waals surface area contributed by atoms with E-state index in [1.807, 2.05) is 84.9 Å². The molecule has 0 radical (unpaired) electrons. The summed E-state index contributed by atoms with van der Waals surface area (Å²) in [6.45, 7) is 4.28. The summed E-state index contributed by atoms with van der Waals surface area (Å²) in [6, 6.07) is 30.5. The number of piperazine rings is 1. The average molecular weight is 695 g/mol. The van der Waals surface area contributed by atoms with E-state index in [1.54, 1.807) is 12.1 Å². The number of hydrogen-bond acceptors (Lipinski definition) is 9. The SMILES string of the molecule is O=C(O)CCC(=O)NCc1cccc(-c2ccc([C@@H]3O[C@H](CN4CCN(c5ccc([N+](=O)[O-])cc5)CC4)C[C@H](c4ccc(CO)cc4)O3)cc2)c1. The van der Waals surface area contributed by atoms with Crippen LogP contribution < -0.4 is 10.2 Å². The van der Waals surface area contributed by atoms with Crippen LogP contribution in [0.2, 0.25) is 0 Å². The molecule has 0 aliphatic carbocycles. The quantitative estimate of drug-likeness (QED) is 0.119. The van der Waals surface area contributed by atoms with Gasteiger partial charge in [0.2, 0.25) is 5.91 Å². The van der Waals surface area contributed by atoms with Crippen LogP contribution >= 0.6 is 0 Å². The zero-order valence-corrected chi connectivity index (χ0v) is 28.2. The molecule has 2 fully saturated rings. The fraction of sp³-hybridized carbons (Fsp3) is 0.333. The molecule has 0 spiro atoms. The molecule has 0 bridgehead atoms. The van der Waals surface area contributed by atoms with Gasteiger partial charge in [0.1, 0.15) is 0 Å². The fourth-order valence-electron chi connectivity index (χ4n) is 6.50. The summed E-state index contributed by atoms with van der Waals surface area (Å²) in [5.41, 5.74) is 6.70. The van der Waals surface area contributed by atoms with Crippen molar-refractivity contribution >= 4 is 23.3 Å². The van der Waals surface area contributed by atoms with E-state index in [-0.39, 0.29) is 48.2 Å². The number of hydrogen-bond donors (Lipinski definition) is 3. The number of aliphatic carboxylic acids is 1. The minimum atomic E-state index is -1.00. The molecule has 0 unspecified atom stereocenters. The molecule has 6 rings (SSSR count). The number of carbonyl (C=O) groups excluding carboxylic acids is 1. The highest BCUT2D eigenvalue weighted by atomic mass is 16.7. The Balaban J connectivity index is 1.11. The number of nitrogens with zero attached hydrogens (tertiary/aromatic N) is 3. The molecular weight excluding hydrogens is 652 g/mol. The lowest BCUT2D eigenvalue weighted by atomic mass is 9.98. The zero-order valence-electron chi connectivity index (χ0n) is 28.2. The summed E-state index contributed by atoms with van der Waals surface area (Å²) < 4.78 is 13.2. The predicted molar refractivity (Wildman–Crippen MR) is 191 cm³/mol. The van der Waals surface area contributed by atoms with Gasteiger partial charge in [-0.1, -0.05) is 66.7 Å². The third kappa shape index (κ3) is 9.56. The number of carbonyl (C=O) groups is 2. The van der Waals surface area contributed by atoms with Crippen LogP contribution in [-0.4, -0.2) is 70.7 Å². The van der Waals surface area contributed by atoms with Crippen LogP contribution in [0.15, 0.2) is 97.1 Å². The van der Waals surface area contributed by atoms with Crippen LogP contribution in [0.4, 0.5) is 11.4 Å². The molecule has 2 heterocycles. The number of benzene rings is 4. The first kappa shape index (κ1) is 35.7. The van der Waals surface area contributed by atoms with Crippen molar-refractivity contribution in [2.24, 2.45) is 0 Å². The van der Waals surface area contributed by atoms with Gasteiger partial charge < -0.3 is 29.9 Å². The summed E-state index contributed by atoms with van der Waals surface area (Å²) in [7, 11) is 0. The Labute approximate surface area is 296 Å². The molecule has 3 atom stereocenters. The van der Waals surface area contributed by atoms with Crippen molar-refractivity contribution in [3.8, 4) is 11.1 Å². The third-order valence-electron chi connectivity index (χ3n) is 9.37. The molecule has 1 amide bonds. The molecule has 2 saturated heterocycles. The van der Waals surface area contributed by atoms with Crippen molar-refractivity contribution < 1.29 is 34.2 Å². The number of amides is 1. The monoisotopic (exact) mass is 694 g/mol. The van der Waals surface area contributed by atoms with E-state index in [2.05, 4.69) is 15.1 Å². The van der Waals surface area contributed by atoms with Crippen LogP contribution in [0.25, 0.3) is 11.1 Å². The highest BCUT2D eigenvalue weighted by Gasteiger charge is 2.34. The standard InChI is InChI=1S/C39H42N4O8/c44-26-27-4-6-30(7-5-27)36-23-35(25-41-18-20-42(21-19-41)33-12-14-34(15-13-33)43(48)49)50-39(51-36)31-10-8-29(9-11-31)32-3-1-2-28(22-32)24-40-37(45)16-17-38(46)47/h1-15,22,35-36,39,44H,16-21,23-26H2,(H,40,45)(H,46,47)/t35-,36+,39+/m0/s1. The van der Waals surface area contributed by atoms with E-state index in [4.69, 9.17) is 14.6 Å². The number of aliphatic hydroxyl groups is 1. The molecule has 51 heavy (non-hydrogen) atoms. The Morgan fingerprint density at radius 2 is 1.53 bits per heavy atom. The smallest absolute Gasteiger partial charge is 0.303 e. The summed E-state index contributed by atoms with van der Waals surface area (Å²) in [6.07, 6.45) is -0.473. The van der Waals surface area contributed by atoms with Gasteiger partial charge in [-0.15, -0.1) is 0 Å². The van der Waals surface area contributed by atoms with Crippen LogP contribution in [0.1, 0.15) is 53.9 Å². The number of nitro benzene ring substituents is 1. The van der Waals surface area contributed by atoms with E-state index in [0.717, 1.165) is 71.8 Å². The first-order chi connectivity index (χ1) is 24.7. The molecule has 2 aliphatic rings. The molecule has 266 valence electrons. The normalized spacial score (nSPS) is 19.4. The average Bonchev–Trinajstić information content (AvgIpc) is 3.16. The van der Waals surface area contributed by atoms with E-state index in [0.29, 0.717) is 13.0 Å². The summed E-state index contributed by atoms with van der Waals surface area (Å²) in [4.78, 5) is 38.1. The van der Waals surface area contributed by atoms with Crippen LogP contribution in [0.5, 0.6) is 0 Å². The summed E-state index contributed by atoms with van der Waals surface area (Å²) in [5, 5.41) is 32.2. The molecule has 4 aromatic carbocycles. The highest BCUT2D eigenvalue weighted by molar-refractivity contribution is 5.80. The first-order valence-electron chi connectivity index (χ1n) is 17.1. The number of nitro groups is 1. The number of ether oxygens (including phenoxy) is 2. The number of anilines is 1. The maximum Gasteiger partial charge on any atom is 0.303 e. The van der Waals surface area contributed by atoms with Gasteiger partial charge in [-0.05, 0) is 46.0 Å². The van der Waals surface area contributed by atoms with E-state index < -0.39 is 12.3 Å². The van der Waals surface area contributed by atoms with Crippen molar-refractivity contribution in [3.63, 3.8) is 0 Å². The molecule has 2 aliphatic heterocycles. The lowest BCUT2D eigenvalue weighted by molar-refractivity contribution is -0.384. The van der Waals surface area contributed by atoms with Crippen molar-refractivity contribution in [1.82, 2.24) is 10.2 Å². The topological polar surface area (TPSA) is 155 Å². The first-order valence-corrected chi connectivity index (χ1v) is 17.1. The van der Waals surface area contributed by atoms with Crippen LogP contribution in [-0.2, 0) is 32.2 Å². The van der Waals surface area contributed by atoms with Gasteiger partial charge in [-0.3, -0.25) is 24.6 Å². The Bertz CT molecular complexity index is 1790. The number of carboxylic acids is 1. The number of rotatable bonds is 13. The second-order valence-corrected chi connectivity index (χ2v) is 12.9. The van der Waals surface area contributed by atoms with Gasteiger partial charge in [0.05, 0.1) is 30.2 Å². The van der Waals surface area contributed by atoms with Crippen molar-refractivity contribution in [2.75, 3.05) is 37.6 Å². The third-order valence-corrected chi connectivity index (χ3v) is 9.37. The van der Waals surface area contributed by atoms with E-state index in [1.165, 1.54) is 0 Å². The van der Waals surface area contributed by atoms with Gasteiger partial charge in [0.25, 0.3) is 5.69 Å². The maximum atomic E-state index is 12.0. The van der Waals surface area contributed by atoms with Gasteiger partial charge >= 0.3 is 5.97 Å². The fourth-order valence-corrected chi connectivity index (χ4v) is 6.50. The Morgan fingerprint density at radius 3 is 2.20 bits per heavy atom. The minimum Gasteiger partial charge on any atom is -0.481 e. The van der Waals surface area contributed by atoms with Crippen molar-refractivity contribution in [1.29, 1.82) is 0 Å².